The Hall–Kier alpha value is -2.71. The molecule has 0 spiro atoms. The van der Waals surface area contributed by atoms with Gasteiger partial charge in [-0.3, -0.25) is 9.59 Å². The lowest BCUT2D eigenvalue weighted by Gasteiger charge is -2.34. The highest BCUT2D eigenvalue weighted by Gasteiger charge is 2.32. The molecule has 32 heavy (non-hydrogen) atoms. The normalized spacial score (nSPS) is 19.7. The van der Waals surface area contributed by atoms with Crippen molar-refractivity contribution in [1.82, 2.24) is 9.62 Å². The second-order valence-electron chi connectivity index (χ2n) is 8.76. The number of hydrogen-bond donors (Lipinski definition) is 2. The molecule has 0 aromatic heterocycles. The van der Waals surface area contributed by atoms with Crippen LogP contribution in [0.15, 0.2) is 53.4 Å². The first-order chi connectivity index (χ1) is 15.3. The maximum Gasteiger partial charge on any atom is 0.241 e. The van der Waals surface area contributed by atoms with Gasteiger partial charge in [0.25, 0.3) is 0 Å². The van der Waals surface area contributed by atoms with Gasteiger partial charge in [0.15, 0.2) is 0 Å². The summed E-state index contributed by atoms with van der Waals surface area (Å²) in [6.07, 6.45) is 3.10. The molecule has 8 heteroatoms. The zero-order valence-corrected chi connectivity index (χ0v) is 19.0. The van der Waals surface area contributed by atoms with Gasteiger partial charge in [-0.05, 0) is 60.9 Å². The molecule has 0 unspecified atom stereocenters. The number of anilines is 1. The Bertz CT molecular complexity index is 1100. The van der Waals surface area contributed by atoms with Crippen molar-refractivity contribution in [3.8, 4) is 0 Å². The second kappa shape index (κ2) is 9.42. The van der Waals surface area contributed by atoms with E-state index in [-0.39, 0.29) is 23.1 Å². The molecule has 1 saturated heterocycles. The summed E-state index contributed by atoms with van der Waals surface area (Å²) in [6.45, 7) is 3.40. The van der Waals surface area contributed by atoms with Crippen LogP contribution in [0.3, 0.4) is 0 Å². The third-order valence-corrected chi connectivity index (χ3v) is 7.60. The summed E-state index contributed by atoms with van der Waals surface area (Å²) in [6, 6.07) is 13.2. The summed E-state index contributed by atoms with van der Waals surface area (Å²) in [5.74, 6) is 0.141. The maximum atomic E-state index is 13.4. The van der Waals surface area contributed by atoms with E-state index in [1.807, 2.05) is 30.3 Å². The lowest BCUT2D eigenvalue weighted by Crippen LogP contribution is -2.52. The molecular weight excluding hydrogens is 426 g/mol. The van der Waals surface area contributed by atoms with Crippen molar-refractivity contribution in [2.24, 2.45) is 5.92 Å². The molecule has 2 aromatic carbocycles. The van der Waals surface area contributed by atoms with Gasteiger partial charge in [0.1, 0.15) is 6.04 Å². The number of amides is 2. The molecule has 0 radical (unpaired) electrons. The van der Waals surface area contributed by atoms with Gasteiger partial charge >= 0.3 is 0 Å². The predicted octanol–water partition coefficient (Wildman–Crippen LogP) is 2.72. The number of sulfonamides is 1. The van der Waals surface area contributed by atoms with Gasteiger partial charge in [0.05, 0.1) is 4.90 Å². The van der Waals surface area contributed by atoms with E-state index in [2.05, 4.69) is 17.0 Å². The van der Waals surface area contributed by atoms with E-state index in [0.29, 0.717) is 37.5 Å². The molecule has 1 fully saturated rings. The number of hydrogen-bond acceptors (Lipinski definition) is 4. The number of nitrogens with one attached hydrogen (secondary N) is 2. The van der Waals surface area contributed by atoms with Crippen molar-refractivity contribution in [2.45, 2.75) is 50.0 Å². The maximum absolute atomic E-state index is 13.4. The third-order valence-electron chi connectivity index (χ3n) is 6.13. The number of aryl methyl sites for hydroxylation is 1. The van der Waals surface area contributed by atoms with Crippen LogP contribution in [0.2, 0.25) is 0 Å². The van der Waals surface area contributed by atoms with Gasteiger partial charge in [-0.15, -0.1) is 0 Å². The van der Waals surface area contributed by atoms with E-state index in [0.717, 1.165) is 24.0 Å². The molecule has 0 bridgehead atoms. The minimum atomic E-state index is -3.93. The lowest BCUT2D eigenvalue weighted by molar-refractivity contribution is -0.134. The van der Waals surface area contributed by atoms with Crippen molar-refractivity contribution in [1.29, 1.82) is 0 Å². The fourth-order valence-electron chi connectivity index (χ4n) is 4.42. The molecule has 0 aliphatic carbocycles. The van der Waals surface area contributed by atoms with Crippen LogP contribution in [0.25, 0.3) is 0 Å². The number of benzene rings is 2. The Morgan fingerprint density at radius 2 is 1.97 bits per heavy atom. The molecule has 2 aromatic rings. The highest BCUT2D eigenvalue weighted by molar-refractivity contribution is 7.89. The highest BCUT2D eigenvalue weighted by atomic mass is 32.2. The number of rotatable bonds is 6. The van der Waals surface area contributed by atoms with Crippen LogP contribution < -0.4 is 10.0 Å². The minimum absolute atomic E-state index is 0.0736. The molecule has 7 nitrogen and oxygen atoms in total. The molecule has 170 valence electrons. The minimum Gasteiger partial charge on any atom is -0.341 e. The molecule has 2 aliphatic rings. The van der Waals surface area contributed by atoms with E-state index in [1.165, 1.54) is 6.07 Å². The summed E-state index contributed by atoms with van der Waals surface area (Å²) >= 11 is 0. The first-order valence-electron chi connectivity index (χ1n) is 11.1. The molecule has 2 atom stereocenters. The van der Waals surface area contributed by atoms with Crippen molar-refractivity contribution in [2.75, 3.05) is 18.4 Å². The molecule has 2 amide bonds. The highest BCUT2D eigenvalue weighted by Crippen LogP contribution is 2.26. The number of likely N-dealkylation sites (tertiary alicyclic amines) is 1. The van der Waals surface area contributed by atoms with E-state index >= 15 is 0 Å². The number of piperidine rings is 1. The number of carbonyl (C=O) groups is 2. The van der Waals surface area contributed by atoms with Gasteiger partial charge < -0.3 is 10.2 Å². The van der Waals surface area contributed by atoms with Crippen molar-refractivity contribution >= 4 is 27.5 Å². The summed E-state index contributed by atoms with van der Waals surface area (Å²) < 4.78 is 29.2. The van der Waals surface area contributed by atoms with Crippen LogP contribution in [-0.2, 0) is 32.5 Å². The SMILES string of the molecule is C[C@H]1CCCN(C(=O)[C@@H](Cc2ccccc2)NS(=O)(=O)c2ccc3c(c2)CCC(=O)N3)C1. The van der Waals surface area contributed by atoms with E-state index < -0.39 is 16.1 Å². The van der Waals surface area contributed by atoms with Gasteiger partial charge in [-0.2, -0.15) is 4.72 Å². The van der Waals surface area contributed by atoms with E-state index in [9.17, 15) is 18.0 Å². The fraction of sp³-hybridized carbons (Fsp3) is 0.417. The number of fused-ring (bicyclic) bond motifs is 1. The second-order valence-corrected chi connectivity index (χ2v) is 10.5. The van der Waals surface area contributed by atoms with Crippen LogP contribution >= 0.6 is 0 Å². The van der Waals surface area contributed by atoms with Crippen LogP contribution in [0.5, 0.6) is 0 Å². The average Bonchev–Trinajstić information content (AvgIpc) is 2.78. The van der Waals surface area contributed by atoms with Crippen molar-refractivity contribution in [3.63, 3.8) is 0 Å². The molecule has 4 rings (SSSR count). The predicted molar refractivity (Wildman–Crippen MR) is 123 cm³/mol. The summed E-state index contributed by atoms with van der Waals surface area (Å²) in [5, 5.41) is 2.76. The lowest BCUT2D eigenvalue weighted by atomic mass is 9.98. The van der Waals surface area contributed by atoms with Crippen LogP contribution in [-0.4, -0.2) is 44.3 Å². The summed E-state index contributed by atoms with van der Waals surface area (Å²) in [4.78, 5) is 26.9. The third kappa shape index (κ3) is 5.19. The van der Waals surface area contributed by atoms with Crippen LogP contribution in [0, 0.1) is 5.92 Å². The molecular formula is C24H29N3O4S. The van der Waals surface area contributed by atoms with Crippen molar-refractivity contribution in [3.05, 3.63) is 59.7 Å². The van der Waals surface area contributed by atoms with Crippen LogP contribution in [0.1, 0.15) is 37.3 Å². The standard InChI is InChI=1S/C24H29N3O4S/c1-17-6-5-13-27(16-17)24(29)22(14-18-7-3-2-4-8-18)26-32(30,31)20-10-11-21-19(15-20)9-12-23(28)25-21/h2-4,7-8,10-11,15,17,22,26H,5-6,9,12-14,16H2,1H3,(H,25,28)/t17-,22+/m0/s1. The first kappa shape index (κ1) is 22.5. The Kier molecular flexibility index (Phi) is 6.62. The Balaban J connectivity index is 1.59. The van der Waals surface area contributed by atoms with Crippen molar-refractivity contribution < 1.29 is 18.0 Å². The monoisotopic (exact) mass is 455 g/mol. The Morgan fingerprint density at radius 1 is 1.19 bits per heavy atom. The van der Waals surface area contributed by atoms with Gasteiger partial charge in [-0.1, -0.05) is 37.3 Å². The molecule has 2 N–H and O–H groups in total. The first-order valence-corrected chi connectivity index (χ1v) is 12.6. The van der Waals surface area contributed by atoms with E-state index in [4.69, 9.17) is 0 Å². The molecule has 2 aliphatic heterocycles. The Labute approximate surface area is 189 Å². The fourth-order valence-corrected chi connectivity index (χ4v) is 5.66. The average molecular weight is 456 g/mol. The summed E-state index contributed by atoms with van der Waals surface area (Å²) in [7, 11) is -3.93. The van der Waals surface area contributed by atoms with Gasteiger partial charge in [-0.25, -0.2) is 8.42 Å². The Morgan fingerprint density at radius 3 is 2.72 bits per heavy atom. The molecule has 2 heterocycles. The topological polar surface area (TPSA) is 95.6 Å². The zero-order chi connectivity index (χ0) is 22.7. The van der Waals surface area contributed by atoms with Crippen LogP contribution in [0.4, 0.5) is 5.69 Å². The number of nitrogens with zero attached hydrogens (tertiary/aromatic N) is 1. The smallest absolute Gasteiger partial charge is 0.241 e. The number of carbonyl (C=O) groups excluding carboxylic acids is 2. The quantitative estimate of drug-likeness (QED) is 0.700. The van der Waals surface area contributed by atoms with E-state index in [1.54, 1.807) is 17.0 Å². The molecule has 0 saturated carbocycles. The van der Waals surface area contributed by atoms with Gasteiger partial charge in [0, 0.05) is 25.2 Å². The zero-order valence-electron chi connectivity index (χ0n) is 18.2. The largest absolute Gasteiger partial charge is 0.341 e. The summed E-state index contributed by atoms with van der Waals surface area (Å²) in [5.41, 5.74) is 2.31. The van der Waals surface area contributed by atoms with Gasteiger partial charge in [0.2, 0.25) is 21.8 Å².